The molecule has 29 heavy (non-hydrogen) atoms. The number of para-hydroxylation sites is 1. The fourth-order valence-electron chi connectivity index (χ4n) is 2.75. The van der Waals surface area contributed by atoms with Crippen molar-refractivity contribution in [2.45, 2.75) is 10.8 Å². The van der Waals surface area contributed by atoms with Crippen molar-refractivity contribution in [1.82, 2.24) is 10.2 Å². The molecule has 4 rings (SSSR count). The van der Waals surface area contributed by atoms with E-state index in [-0.39, 0.29) is 16.9 Å². The van der Waals surface area contributed by atoms with E-state index in [4.69, 9.17) is 4.42 Å². The normalized spacial score (nSPS) is 10.6. The third-order valence-electron chi connectivity index (χ3n) is 4.19. The summed E-state index contributed by atoms with van der Waals surface area (Å²) in [4.78, 5) is 24.8. The lowest BCUT2D eigenvalue weighted by Gasteiger charge is -2.04. The van der Waals surface area contributed by atoms with Crippen LogP contribution in [0, 0.1) is 11.3 Å². The molecule has 2 N–H and O–H groups in total. The van der Waals surface area contributed by atoms with E-state index in [2.05, 4.69) is 21.6 Å². The molecule has 2 heterocycles. The summed E-state index contributed by atoms with van der Waals surface area (Å²) in [5.41, 5.74) is 0.791. The van der Waals surface area contributed by atoms with Gasteiger partial charge in [0.15, 0.2) is 0 Å². The summed E-state index contributed by atoms with van der Waals surface area (Å²) >= 11 is 1.38. The number of rotatable bonds is 5. The summed E-state index contributed by atoms with van der Waals surface area (Å²) in [6.45, 7) is 0. The van der Waals surface area contributed by atoms with Crippen LogP contribution < -0.4 is 10.9 Å². The first-order valence-electron chi connectivity index (χ1n) is 8.65. The van der Waals surface area contributed by atoms with Gasteiger partial charge in [0, 0.05) is 11.1 Å². The van der Waals surface area contributed by atoms with E-state index in [1.165, 1.54) is 17.8 Å². The Labute approximate surface area is 169 Å². The van der Waals surface area contributed by atoms with Crippen LogP contribution >= 0.6 is 11.8 Å². The van der Waals surface area contributed by atoms with Crippen LogP contribution in [0.25, 0.3) is 11.0 Å². The third kappa shape index (κ3) is 3.90. The molecule has 0 aliphatic rings. The minimum absolute atomic E-state index is 0.139. The van der Waals surface area contributed by atoms with Crippen LogP contribution in [-0.2, 0) is 5.75 Å². The summed E-state index contributed by atoms with van der Waals surface area (Å²) in [7, 11) is 0. The Bertz CT molecular complexity index is 1290. The number of aromatic nitrogens is 2. The first-order valence-corrected chi connectivity index (χ1v) is 9.63. The van der Waals surface area contributed by atoms with Gasteiger partial charge in [-0.1, -0.05) is 60.3 Å². The Morgan fingerprint density at radius 2 is 1.93 bits per heavy atom. The second kappa shape index (κ2) is 8.04. The lowest BCUT2D eigenvalue weighted by Crippen LogP contribution is -2.21. The Kier molecular flexibility index (Phi) is 5.14. The molecule has 2 aromatic carbocycles. The Morgan fingerprint density at radius 3 is 2.72 bits per heavy atom. The fraction of sp³-hybridized carbons (Fsp3) is 0.0476. The van der Waals surface area contributed by atoms with Crippen molar-refractivity contribution in [2.75, 3.05) is 5.32 Å². The van der Waals surface area contributed by atoms with Crippen LogP contribution in [0.15, 0.2) is 74.9 Å². The van der Waals surface area contributed by atoms with Gasteiger partial charge in [-0.05, 0) is 17.7 Å². The first kappa shape index (κ1) is 18.5. The predicted octanol–water partition coefficient (Wildman–Crippen LogP) is 3.93. The van der Waals surface area contributed by atoms with E-state index in [0.717, 1.165) is 5.56 Å². The number of benzene rings is 2. The largest absolute Gasteiger partial charge is 0.422 e. The molecule has 0 radical (unpaired) electrons. The topological polar surface area (TPSA) is 112 Å². The van der Waals surface area contributed by atoms with Crippen LogP contribution in [0.3, 0.4) is 0 Å². The minimum atomic E-state index is -0.752. The van der Waals surface area contributed by atoms with Crippen molar-refractivity contribution >= 4 is 34.5 Å². The van der Waals surface area contributed by atoms with Gasteiger partial charge in [0.2, 0.25) is 0 Å². The molecule has 0 unspecified atom stereocenters. The second-order valence-corrected chi connectivity index (χ2v) is 7.07. The van der Waals surface area contributed by atoms with E-state index >= 15 is 0 Å². The van der Waals surface area contributed by atoms with Gasteiger partial charge in [-0.2, -0.15) is 10.4 Å². The minimum Gasteiger partial charge on any atom is -0.422 e. The summed E-state index contributed by atoms with van der Waals surface area (Å²) < 4.78 is 5.19. The molecular formula is C21H14N4O3S. The van der Waals surface area contributed by atoms with Crippen molar-refractivity contribution in [3.8, 4) is 6.07 Å². The molecule has 0 aliphatic carbocycles. The van der Waals surface area contributed by atoms with Gasteiger partial charge >= 0.3 is 5.63 Å². The van der Waals surface area contributed by atoms with Crippen LogP contribution in [-0.4, -0.2) is 16.1 Å². The lowest BCUT2D eigenvalue weighted by molar-refractivity contribution is 0.102. The molecule has 0 spiro atoms. The highest BCUT2D eigenvalue weighted by Crippen LogP contribution is 2.28. The summed E-state index contributed by atoms with van der Waals surface area (Å²) in [6.07, 6.45) is 0. The van der Waals surface area contributed by atoms with Crippen LogP contribution in [0.4, 0.5) is 5.82 Å². The van der Waals surface area contributed by atoms with Crippen LogP contribution in [0.5, 0.6) is 0 Å². The molecule has 1 amide bonds. The van der Waals surface area contributed by atoms with Crippen LogP contribution in [0.2, 0.25) is 0 Å². The van der Waals surface area contributed by atoms with E-state index in [9.17, 15) is 14.9 Å². The standard InChI is InChI=1S/C21H14N4O3S/c22-11-16-18(24-25-20(16)29-12-13-6-2-1-3-7-13)23-19(26)15-10-14-8-4-5-9-17(14)28-21(15)27/h1-10H,12H2,(H2,23,24,25,26). The van der Waals surface area contributed by atoms with E-state index < -0.39 is 11.5 Å². The van der Waals surface area contributed by atoms with E-state index in [1.54, 1.807) is 24.3 Å². The molecule has 0 saturated carbocycles. The quantitative estimate of drug-likeness (QED) is 0.386. The zero-order valence-corrected chi connectivity index (χ0v) is 15.8. The molecular weight excluding hydrogens is 388 g/mol. The van der Waals surface area contributed by atoms with Gasteiger partial charge in [-0.3, -0.25) is 9.89 Å². The highest BCUT2D eigenvalue weighted by molar-refractivity contribution is 7.98. The lowest BCUT2D eigenvalue weighted by atomic mass is 10.2. The average Bonchev–Trinajstić information content (AvgIpc) is 3.13. The number of nitrogens with one attached hydrogen (secondary N) is 2. The highest BCUT2D eigenvalue weighted by atomic mass is 32.2. The number of carbonyl (C=O) groups is 1. The van der Waals surface area contributed by atoms with Crippen molar-refractivity contribution in [3.63, 3.8) is 0 Å². The number of nitriles is 1. The van der Waals surface area contributed by atoms with Gasteiger partial charge in [0.05, 0.1) is 0 Å². The number of H-pyrrole nitrogens is 1. The smallest absolute Gasteiger partial charge is 0.349 e. The number of nitrogens with zero attached hydrogens (tertiary/aromatic N) is 2. The van der Waals surface area contributed by atoms with Gasteiger partial charge < -0.3 is 9.73 Å². The molecule has 2 aromatic heterocycles. The van der Waals surface area contributed by atoms with Crippen molar-refractivity contribution in [1.29, 1.82) is 5.26 Å². The molecule has 0 bridgehead atoms. The molecule has 0 saturated heterocycles. The first-order chi connectivity index (χ1) is 14.2. The summed E-state index contributed by atoms with van der Waals surface area (Å²) in [5.74, 6) is 0.0899. The maximum absolute atomic E-state index is 12.6. The Morgan fingerprint density at radius 1 is 1.17 bits per heavy atom. The number of aromatic amines is 1. The molecule has 142 valence electrons. The number of hydrogen-bond acceptors (Lipinski definition) is 6. The SMILES string of the molecule is N#Cc1c(SCc2ccccc2)n[nH]c1NC(=O)c1cc2ccccc2oc1=O. The third-order valence-corrected chi connectivity index (χ3v) is 5.23. The number of fused-ring (bicyclic) bond motifs is 1. The zero-order chi connectivity index (χ0) is 20.2. The summed E-state index contributed by atoms with van der Waals surface area (Å²) in [6, 6.07) is 20.2. The fourth-order valence-corrected chi connectivity index (χ4v) is 3.65. The second-order valence-electron chi connectivity index (χ2n) is 6.10. The number of amides is 1. The van der Waals surface area contributed by atoms with Crippen molar-refractivity contribution < 1.29 is 9.21 Å². The van der Waals surface area contributed by atoms with Crippen molar-refractivity contribution in [2.24, 2.45) is 0 Å². The van der Waals surface area contributed by atoms with E-state index in [0.29, 0.717) is 21.7 Å². The van der Waals surface area contributed by atoms with Gasteiger partial charge in [0.1, 0.15) is 33.6 Å². The highest BCUT2D eigenvalue weighted by Gasteiger charge is 2.19. The number of hydrogen-bond donors (Lipinski definition) is 2. The summed E-state index contributed by atoms with van der Waals surface area (Å²) in [5, 5.41) is 19.9. The molecule has 7 nitrogen and oxygen atoms in total. The average molecular weight is 402 g/mol. The number of anilines is 1. The number of carbonyl (C=O) groups excluding carboxylic acids is 1. The zero-order valence-electron chi connectivity index (χ0n) is 15.0. The monoisotopic (exact) mass is 402 g/mol. The molecule has 0 atom stereocenters. The number of thioether (sulfide) groups is 1. The van der Waals surface area contributed by atoms with E-state index in [1.807, 2.05) is 30.3 Å². The Balaban J connectivity index is 1.56. The maximum atomic E-state index is 12.6. The van der Waals surface area contributed by atoms with Gasteiger partial charge in [-0.25, -0.2) is 4.79 Å². The molecule has 8 heteroatoms. The molecule has 0 aliphatic heterocycles. The maximum Gasteiger partial charge on any atom is 0.349 e. The van der Waals surface area contributed by atoms with Gasteiger partial charge in [0.25, 0.3) is 5.91 Å². The molecule has 0 fully saturated rings. The molecule has 4 aromatic rings. The van der Waals surface area contributed by atoms with Crippen molar-refractivity contribution in [3.05, 3.63) is 87.8 Å². The predicted molar refractivity (Wildman–Crippen MR) is 110 cm³/mol. The van der Waals surface area contributed by atoms with Gasteiger partial charge in [-0.15, -0.1) is 0 Å². The Hall–Kier alpha value is -3.83. The van der Waals surface area contributed by atoms with Crippen LogP contribution in [0.1, 0.15) is 21.5 Å².